The van der Waals surface area contributed by atoms with Crippen LogP contribution in [-0.4, -0.2) is 25.3 Å². The van der Waals surface area contributed by atoms with Crippen molar-refractivity contribution < 1.29 is 4.74 Å². The first-order valence-electron chi connectivity index (χ1n) is 7.98. The first-order valence-corrected chi connectivity index (χ1v) is 8.77. The summed E-state index contributed by atoms with van der Waals surface area (Å²) in [5.74, 6) is 0.607. The number of halogens is 1. The van der Waals surface area contributed by atoms with E-state index in [0.717, 1.165) is 43.5 Å². The number of nitrogens with one attached hydrogen (secondary N) is 1. The minimum absolute atomic E-state index is 0.166. The van der Waals surface area contributed by atoms with E-state index in [4.69, 9.17) is 4.74 Å². The maximum absolute atomic E-state index is 5.67. The van der Waals surface area contributed by atoms with Crippen LogP contribution >= 0.6 is 15.9 Å². The zero-order chi connectivity index (χ0) is 15.7. The number of hydrogen-bond donors (Lipinski definition) is 1. The molecule has 21 heavy (non-hydrogen) atoms. The number of benzene rings is 1. The summed E-state index contributed by atoms with van der Waals surface area (Å²) in [6.07, 6.45) is 3.30. The summed E-state index contributed by atoms with van der Waals surface area (Å²) in [4.78, 5) is 0. The average molecular weight is 356 g/mol. The zero-order valence-corrected chi connectivity index (χ0v) is 15.5. The van der Waals surface area contributed by atoms with Gasteiger partial charge in [-0.1, -0.05) is 35.0 Å². The van der Waals surface area contributed by atoms with Gasteiger partial charge in [-0.2, -0.15) is 0 Å². The molecule has 0 aliphatic rings. The molecule has 0 amide bonds. The van der Waals surface area contributed by atoms with Crippen molar-refractivity contribution >= 4 is 15.9 Å². The molecule has 0 bridgehead atoms. The van der Waals surface area contributed by atoms with Gasteiger partial charge in [-0.05, 0) is 70.2 Å². The molecule has 1 N–H and O–H groups in total. The van der Waals surface area contributed by atoms with E-state index >= 15 is 0 Å². The molecule has 120 valence electrons. The molecule has 0 aromatic heterocycles. The lowest BCUT2D eigenvalue weighted by molar-refractivity contribution is 0.119. The van der Waals surface area contributed by atoms with Gasteiger partial charge in [0, 0.05) is 23.2 Å². The van der Waals surface area contributed by atoms with E-state index in [0.29, 0.717) is 5.92 Å². The molecule has 1 aromatic rings. The summed E-state index contributed by atoms with van der Waals surface area (Å²) in [5.41, 5.74) is 1.56. The minimum atomic E-state index is 0.166. The van der Waals surface area contributed by atoms with Gasteiger partial charge in [-0.15, -0.1) is 0 Å². The Morgan fingerprint density at radius 3 is 2.62 bits per heavy atom. The van der Waals surface area contributed by atoms with E-state index < -0.39 is 0 Å². The molecule has 0 radical (unpaired) electrons. The lowest BCUT2D eigenvalue weighted by Gasteiger charge is -2.25. The Hall–Kier alpha value is -0.380. The van der Waals surface area contributed by atoms with Crippen molar-refractivity contribution in [2.75, 3.05) is 19.8 Å². The van der Waals surface area contributed by atoms with Crippen molar-refractivity contribution in [3.63, 3.8) is 0 Å². The largest absolute Gasteiger partial charge is 0.381 e. The predicted molar refractivity (Wildman–Crippen MR) is 94.8 cm³/mol. The summed E-state index contributed by atoms with van der Waals surface area (Å²) in [7, 11) is 0. The molecule has 0 saturated carbocycles. The van der Waals surface area contributed by atoms with Crippen LogP contribution in [0.15, 0.2) is 28.7 Å². The van der Waals surface area contributed by atoms with Gasteiger partial charge in [0.15, 0.2) is 0 Å². The highest BCUT2D eigenvalue weighted by molar-refractivity contribution is 9.10. The molecule has 2 nitrogen and oxygen atoms in total. The van der Waals surface area contributed by atoms with Crippen LogP contribution in [0.2, 0.25) is 0 Å². The van der Waals surface area contributed by atoms with Gasteiger partial charge in [-0.3, -0.25) is 0 Å². The number of rotatable bonds is 9. The van der Waals surface area contributed by atoms with Crippen LogP contribution in [0.4, 0.5) is 0 Å². The second kappa shape index (κ2) is 9.60. The van der Waals surface area contributed by atoms with E-state index in [1.807, 2.05) is 0 Å². The first-order chi connectivity index (χ1) is 9.90. The maximum atomic E-state index is 5.67. The second-order valence-electron chi connectivity index (χ2n) is 6.73. The third-order valence-corrected chi connectivity index (χ3v) is 3.85. The van der Waals surface area contributed by atoms with E-state index in [2.05, 4.69) is 73.2 Å². The molecule has 1 atom stereocenters. The summed E-state index contributed by atoms with van der Waals surface area (Å²) < 4.78 is 6.83. The Kier molecular flexibility index (Phi) is 8.53. The third-order valence-electron chi connectivity index (χ3n) is 3.35. The molecule has 0 spiro atoms. The van der Waals surface area contributed by atoms with Crippen LogP contribution < -0.4 is 5.32 Å². The molecule has 1 aromatic carbocycles. The van der Waals surface area contributed by atoms with Gasteiger partial charge in [0.05, 0.1) is 0 Å². The van der Waals surface area contributed by atoms with Gasteiger partial charge < -0.3 is 10.1 Å². The van der Waals surface area contributed by atoms with E-state index in [9.17, 15) is 0 Å². The molecule has 1 unspecified atom stereocenters. The molecule has 0 fully saturated rings. The molecule has 0 aliphatic carbocycles. The number of ether oxygens (including phenoxy) is 1. The fraction of sp³-hybridized carbons (Fsp3) is 0.667. The summed E-state index contributed by atoms with van der Waals surface area (Å²) in [5, 5.41) is 3.63. The summed E-state index contributed by atoms with van der Waals surface area (Å²) >= 11 is 3.56. The van der Waals surface area contributed by atoms with Crippen molar-refractivity contribution in [3.05, 3.63) is 34.3 Å². The Morgan fingerprint density at radius 1 is 1.24 bits per heavy atom. The highest BCUT2D eigenvalue weighted by atomic mass is 79.9. The summed E-state index contributed by atoms with van der Waals surface area (Å²) in [6.45, 7) is 11.6. The van der Waals surface area contributed by atoms with Crippen molar-refractivity contribution in [2.45, 2.75) is 52.5 Å². The Morgan fingerprint density at radius 2 is 2.00 bits per heavy atom. The van der Waals surface area contributed by atoms with Gasteiger partial charge in [-0.25, -0.2) is 0 Å². The Labute approximate surface area is 138 Å². The van der Waals surface area contributed by atoms with Crippen LogP contribution in [0, 0.1) is 5.92 Å². The standard InChI is InChI=1S/C18H30BrNO/c1-5-10-21-11-9-16(14-20-18(2,3)4)12-15-7-6-8-17(19)13-15/h6-8,13,16,20H,5,9-12,14H2,1-4H3. The molecule has 0 aliphatic heterocycles. The molecular weight excluding hydrogens is 326 g/mol. The van der Waals surface area contributed by atoms with Crippen LogP contribution in [0.3, 0.4) is 0 Å². The lowest BCUT2D eigenvalue weighted by Crippen LogP contribution is -2.39. The van der Waals surface area contributed by atoms with Crippen molar-refractivity contribution in [1.29, 1.82) is 0 Å². The normalized spacial score (nSPS) is 13.4. The van der Waals surface area contributed by atoms with Crippen molar-refractivity contribution in [2.24, 2.45) is 5.92 Å². The molecule has 0 heterocycles. The minimum Gasteiger partial charge on any atom is -0.381 e. The quantitative estimate of drug-likeness (QED) is 0.641. The smallest absolute Gasteiger partial charge is 0.0469 e. The molecule has 1 rings (SSSR count). The first kappa shape index (κ1) is 18.7. The predicted octanol–water partition coefficient (Wildman–Crippen LogP) is 4.81. The molecule has 3 heteroatoms. The third kappa shape index (κ3) is 9.28. The Bertz CT molecular complexity index is 400. The monoisotopic (exact) mass is 355 g/mol. The second-order valence-corrected chi connectivity index (χ2v) is 7.65. The van der Waals surface area contributed by atoms with E-state index in [-0.39, 0.29) is 5.54 Å². The van der Waals surface area contributed by atoms with Gasteiger partial charge in [0.2, 0.25) is 0 Å². The lowest BCUT2D eigenvalue weighted by atomic mass is 9.95. The van der Waals surface area contributed by atoms with E-state index in [1.165, 1.54) is 5.56 Å². The zero-order valence-electron chi connectivity index (χ0n) is 13.9. The topological polar surface area (TPSA) is 21.3 Å². The van der Waals surface area contributed by atoms with Crippen LogP contribution in [0.5, 0.6) is 0 Å². The van der Waals surface area contributed by atoms with Gasteiger partial charge in [0.25, 0.3) is 0 Å². The molecular formula is C18H30BrNO. The van der Waals surface area contributed by atoms with Crippen molar-refractivity contribution in [3.8, 4) is 0 Å². The maximum Gasteiger partial charge on any atom is 0.0469 e. The highest BCUT2D eigenvalue weighted by Crippen LogP contribution is 2.17. The Balaban J connectivity index is 2.53. The highest BCUT2D eigenvalue weighted by Gasteiger charge is 2.15. The van der Waals surface area contributed by atoms with Crippen LogP contribution in [0.25, 0.3) is 0 Å². The fourth-order valence-electron chi connectivity index (χ4n) is 2.22. The SMILES string of the molecule is CCCOCCC(CNC(C)(C)C)Cc1cccc(Br)c1. The number of hydrogen-bond acceptors (Lipinski definition) is 2. The summed E-state index contributed by atoms with van der Waals surface area (Å²) in [6, 6.07) is 8.62. The fourth-order valence-corrected chi connectivity index (χ4v) is 2.67. The van der Waals surface area contributed by atoms with Crippen LogP contribution in [0.1, 0.15) is 46.1 Å². The molecule has 0 saturated heterocycles. The van der Waals surface area contributed by atoms with Gasteiger partial charge in [0.1, 0.15) is 0 Å². The van der Waals surface area contributed by atoms with Gasteiger partial charge >= 0.3 is 0 Å². The van der Waals surface area contributed by atoms with Crippen LogP contribution in [-0.2, 0) is 11.2 Å². The average Bonchev–Trinajstić information content (AvgIpc) is 2.40. The van der Waals surface area contributed by atoms with E-state index in [1.54, 1.807) is 0 Å². The van der Waals surface area contributed by atoms with Crippen molar-refractivity contribution in [1.82, 2.24) is 5.32 Å².